The van der Waals surface area contributed by atoms with Crippen LogP contribution >= 0.6 is 23.5 Å². The molecular weight excluding hydrogens is 340 g/mol. The van der Waals surface area contributed by atoms with Crippen LogP contribution in [0.2, 0.25) is 0 Å². The van der Waals surface area contributed by atoms with Crippen molar-refractivity contribution >= 4 is 33.6 Å². The summed E-state index contributed by atoms with van der Waals surface area (Å²) in [5.41, 5.74) is 4.49. The minimum atomic E-state index is 0.259. The molecule has 0 atom stereocenters. The fourth-order valence-corrected chi connectivity index (χ4v) is 3.97. The molecule has 24 heavy (non-hydrogen) atoms. The van der Waals surface area contributed by atoms with Gasteiger partial charge in [-0.25, -0.2) is 0 Å². The molecule has 2 rings (SSSR count). The lowest BCUT2D eigenvalue weighted by Gasteiger charge is -2.10. The van der Waals surface area contributed by atoms with Crippen LogP contribution in [0.1, 0.15) is 22.3 Å². The average Bonchev–Trinajstić information content (AvgIpc) is 2.54. The summed E-state index contributed by atoms with van der Waals surface area (Å²) in [5, 5.41) is 26.0. The van der Waals surface area contributed by atoms with Crippen molar-refractivity contribution in [2.24, 2.45) is 10.3 Å². The van der Waals surface area contributed by atoms with Gasteiger partial charge in [-0.2, -0.15) is 0 Å². The molecule has 4 nitrogen and oxygen atoms in total. The summed E-state index contributed by atoms with van der Waals surface area (Å²) in [4.78, 5) is 1.91. The second-order valence-corrected chi connectivity index (χ2v) is 7.61. The SMILES string of the molecule is Cc1ccc(SC(=N/O)/C(=N\O)Sc2ccc(C)cc2C)c(C)c1. The fourth-order valence-electron chi connectivity index (χ4n) is 2.25. The maximum atomic E-state index is 9.39. The van der Waals surface area contributed by atoms with Crippen LogP contribution in [0.25, 0.3) is 0 Å². The van der Waals surface area contributed by atoms with Gasteiger partial charge in [-0.1, -0.05) is 69.2 Å². The third kappa shape index (κ3) is 4.55. The molecule has 0 unspecified atom stereocenters. The lowest BCUT2D eigenvalue weighted by molar-refractivity contribution is 0.316. The molecule has 0 spiro atoms. The number of thioether (sulfide) groups is 2. The maximum Gasteiger partial charge on any atom is 0.176 e. The predicted molar refractivity (Wildman–Crippen MR) is 102 cm³/mol. The first kappa shape index (κ1) is 18.4. The van der Waals surface area contributed by atoms with E-state index in [4.69, 9.17) is 0 Å². The standard InChI is InChI=1S/C18H20N2O2S2/c1-11-5-7-15(13(3)9-11)23-17(19-21)18(20-22)24-16-8-6-12(2)10-14(16)4/h5-10,21-22H,1-4H3/b19-17+,20-18+. The first-order chi connectivity index (χ1) is 11.4. The fraction of sp³-hybridized carbons (Fsp3) is 0.222. The van der Waals surface area contributed by atoms with Crippen molar-refractivity contribution in [3.63, 3.8) is 0 Å². The van der Waals surface area contributed by atoms with Gasteiger partial charge < -0.3 is 10.4 Å². The van der Waals surface area contributed by atoms with E-state index in [1.165, 1.54) is 34.7 Å². The molecule has 0 fully saturated rings. The van der Waals surface area contributed by atoms with Crippen LogP contribution in [-0.4, -0.2) is 20.5 Å². The van der Waals surface area contributed by atoms with Crippen LogP contribution in [-0.2, 0) is 0 Å². The van der Waals surface area contributed by atoms with E-state index < -0.39 is 0 Å². The van der Waals surface area contributed by atoms with Gasteiger partial charge in [-0.05, 0) is 51.0 Å². The molecular formula is C18H20N2O2S2. The van der Waals surface area contributed by atoms with E-state index >= 15 is 0 Å². The summed E-state index contributed by atoms with van der Waals surface area (Å²) in [6, 6.07) is 12.1. The molecule has 0 aliphatic rings. The van der Waals surface area contributed by atoms with Crippen molar-refractivity contribution in [2.75, 3.05) is 0 Å². The summed E-state index contributed by atoms with van der Waals surface area (Å²) in [5.74, 6) is 0. The third-order valence-corrected chi connectivity index (χ3v) is 5.86. The zero-order chi connectivity index (χ0) is 17.7. The summed E-state index contributed by atoms with van der Waals surface area (Å²) in [6.07, 6.45) is 0. The molecule has 2 N–H and O–H groups in total. The Hall–Kier alpha value is -1.92. The van der Waals surface area contributed by atoms with Gasteiger partial charge in [0.15, 0.2) is 10.1 Å². The Morgan fingerprint density at radius 3 is 1.38 bits per heavy atom. The molecule has 0 aliphatic heterocycles. The van der Waals surface area contributed by atoms with Crippen LogP contribution < -0.4 is 0 Å². The van der Waals surface area contributed by atoms with Crippen LogP contribution in [0.5, 0.6) is 0 Å². The highest BCUT2D eigenvalue weighted by atomic mass is 32.2. The summed E-state index contributed by atoms with van der Waals surface area (Å²) in [6.45, 7) is 8.05. The van der Waals surface area contributed by atoms with Gasteiger partial charge in [0.1, 0.15) is 0 Å². The maximum absolute atomic E-state index is 9.39. The first-order valence-corrected chi connectivity index (χ1v) is 9.02. The number of nitrogens with zero attached hydrogens (tertiary/aromatic N) is 2. The summed E-state index contributed by atoms with van der Waals surface area (Å²) in [7, 11) is 0. The summed E-state index contributed by atoms with van der Waals surface area (Å²) < 4.78 is 0. The molecule has 0 saturated heterocycles. The van der Waals surface area contributed by atoms with E-state index in [0.29, 0.717) is 0 Å². The number of benzene rings is 2. The molecule has 2 aromatic rings. The van der Waals surface area contributed by atoms with E-state index in [9.17, 15) is 10.4 Å². The number of hydrogen-bond donors (Lipinski definition) is 2. The largest absolute Gasteiger partial charge is 0.410 e. The zero-order valence-corrected chi connectivity index (χ0v) is 15.7. The highest BCUT2D eigenvalue weighted by Gasteiger charge is 2.17. The zero-order valence-electron chi connectivity index (χ0n) is 14.1. The van der Waals surface area contributed by atoms with Gasteiger partial charge in [0.2, 0.25) is 0 Å². The minimum Gasteiger partial charge on any atom is -0.410 e. The molecule has 126 valence electrons. The van der Waals surface area contributed by atoms with E-state index in [2.05, 4.69) is 22.4 Å². The van der Waals surface area contributed by atoms with Crippen LogP contribution in [0.3, 0.4) is 0 Å². The molecule has 0 aliphatic carbocycles. The minimum absolute atomic E-state index is 0.259. The van der Waals surface area contributed by atoms with Crippen molar-refractivity contribution < 1.29 is 10.4 Å². The van der Waals surface area contributed by atoms with Gasteiger partial charge in [0.25, 0.3) is 0 Å². The molecule has 0 radical (unpaired) electrons. The van der Waals surface area contributed by atoms with Crippen LogP contribution in [0, 0.1) is 27.7 Å². The van der Waals surface area contributed by atoms with Crippen molar-refractivity contribution in [3.8, 4) is 0 Å². The second kappa shape index (κ2) is 8.26. The third-order valence-electron chi connectivity index (χ3n) is 3.44. The topological polar surface area (TPSA) is 65.2 Å². The smallest absolute Gasteiger partial charge is 0.176 e. The monoisotopic (exact) mass is 360 g/mol. The number of hydrogen-bond acceptors (Lipinski definition) is 6. The van der Waals surface area contributed by atoms with Crippen LogP contribution in [0.4, 0.5) is 0 Å². The van der Waals surface area contributed by atoms with Gasteiger partial charge in [-0.3, -0.25) is 0 Å². The molecule has 2 aromatic carbocycles. The van der Waals surface area contributed by atoms with Gasteiger partial charge >= 0.3 is 0 Å². The number of rotatable bonds is 2. The van der Waals surface area contributed by atoms with Gasteiger partial charge in [0, 0.05) is 9.79 Å². The van der Waals surface area contributed by atoms with E-state index in [1.54, 1.807) is 0 Å². The Labute approximate surface area is 150 Å². The molecule has 0 bridgehead atoms. The first-order valence-electron chi connectivity index (χ1n) is 7.39. The van der Waals surface area contributed by atoms with Gasteiger partial charge in [-0.15, -0.1) is 0 Å². The van der Waals surface area contributed by atoms with Crippen molar-refractivity contribution in [2.45, 2.75) is 37.5 Å². The van der Waals surface area contributed by atoms with Crippen LogP contribution in [0.15, 0.2) is 56.5 Å². The molecule has 0 heterocycles. The van der Waals surface area contributed by atoms with Crippen molar-refractivity contribution in [3.05, 3.63) is 58.7 Å². The van der Waals surface area contributed by atoms with E-state index in [-0.39, 0.29) is 10.1 Å². The molecule has 6 heteroatoms. The number of aryl methyl sites for hydroxylation is 4. The molecule has 0 saturated carbocycles. The van der Waals surface area contributed by atoms with Crippen molar-refractivity contribution in [1.29, 1.82) is 0 Å². The number of oxime groups is 2. The highest BCUT2D eigenvalue weighted by molar-refractivity contribution is 8.25. The predicted octanol–water partition coefficient (Wildman–Crippen LogP) is 5.38. The molecule has 0 aromatic heterocycles. The highest BCUT2D eigenvalue weighted by Crippen LogP contribution is 2.31. The van der Waals surface area contributed by atoms with Crippen molar-refractivity contribution in [1.82, 2.24) is 0 Å². The lowest BCUT2D eigenvalue weighted by Crippen LogP contribution is -2.07. The Balaban J connectivity index is 2.24. The average molecular weight is 361 g/mol. The Morgan fingerprint density at radius 1 is 0.708 bits per heavy atom. The second-order valence-electron chi connectivity index (χ2n) is 5.55. The Morgan fingerprint density at radius 2 is 1.08 bits per heavy atom. The quantitative estimate of drug-likeness (QED) is 0.248. The van der Waals surface area contributed by atoms with E-state index in [0.717, 1.165) is 20.9 Å². The summed E-state index contributed by atoms with van der Waals surface area (Å²) >= 11 is 2.55. The Bertz CT molecular complexity index is 734. The van der Waals surface area contributed by atoms with Gasteiger partial charge in [0.05, 0.1) is 0 Å². The normalized spacial score (nSPS) is 12.5. The van der Waals surface area contributed by atoms with E-state index in [1.807, 2.05) is 52.0 Å². The Kier molecular flexibility index (Phi) is 6.34. The lowest BCUT2D eigenvalue weighted by atomic mass is 10.2. The molecule has 0 amide bonds.